The number of hydrogen-bond acceptors (Lipinski definition) is 4. The summed E-state index contributed by atoms with van der Waals surface area (Å²) in [4.78, 5) is 23.5. The molecule has 0 saturated carbocycles. The maximum Gasteiger partial charge on any atom is 0.330 e. The van der Waals surface area contributed by atoms with E-state index in [1.165, 1.54) is 7.11 Å². The number of nitrogens with two attached hydrogens (primary N) is 1. The quantitative estimate of drug-likeness (QED) is 0.657. The van der Waals surface area contributed by atoms with E-state index in [-0.39, 0.29) is 0 Å². The van der Waals surface area contributed by atoms with Gasteiger partial charge >= 0.3 is 5.97 Å². The van der Waals surface area contributed by atoms with Gasteiger partial charge in [-0.25, -0.2) is 4.79 Å². The minimum atomic E-state index is -1.11. The molecule has 0 radical (unpaired) electrons. The lowest BCUT2D eigenvalue weighted by Crippen LogP contribution is -2.50. The van der Waals surface area contributed by atoms with Crippen molar-refractivity contribution in [2.45, 2.75) is 19.4 Å². The summed E-state index contributed by atoms with van der Waals surface area (Å²) in [6.07, 6.45) is 0. The zero-order valence-corrected chi connectivity index (χ0v) is 12.0. The van der Waals surface area contributed by atoms with Gasteiger partial charge in [-0.1, -0.05) is 15.9 Å². The summed E-state index contributed by atoms with van der Waals surface area (Å²) in [5, 5.41) is 2.57. The normalized spacial score (nSPS) is 10.9. The summed E-state index contributed by atoms with van der Waals surface area (Å²) in [6.45, 7) is 3.12. The van der Waals surface area contributed by atoms with Gasteiger partial charge in [-0.05, 0) is 32.0 Å². The number of rotatable bonds is 3. The fourth-order valence-electron chi connectivity index (χ4n) is 1.40. The average Bonchev–Trinajstić information content (AvgIpc) is 2.26. The molecular weight excluding hydrogens is 300 g/mol. The highest BCUT2D eigenvalue weighted by Gasteiger charge is 2.31. The fourth-order valence-corrected chi connectivity index (χ4v) is 1.78. The zero-order chi connectivity index (χ0) is 13.9. The first-order chi connectivity index (χ1) is 8.27. The smallest absolute Gasteiger partial charge is 0.330 e. The summed E-state index contributed by atoms with van der Waals surface area (Å²) < 4.78 is 5.39. The Morgan fingerprint density at radius 2 is 2.00 bits per heavy atom. The van der Waals surface area contributed by atoms with Crippen LogP contribution in [0.5, 0.6) is 0 Å². The van der Waals surface area contributed by atoms with Gasteiger partial charge in [-0.3, -0.25) is 4.79 Å². The second kappa shape index (κ2) is 5.39. The van der Waals surface area contributed by atoms with E-state index in [2.05, 4.69) is 26.0 Å². The molecule has 0 aliphatic carbocycles. The monoisotopic (exact) mass is 314 g/mol. The molecule has 1 aromatic rings. The van der Waals surface area contributed by atoms with Crippen LogP contribution >= 0.6 is 15.9 Å². The number of carbonyl (C=O) groups is 2. The Morgan fingerprint density at radius 3 is 2.50 bits per heavy atom. The largest absolute Gasteiger partial charge is 0.467 e. The number of esters is 1. The summed E-state index contributed by atoms with van der Waals surface area (Å²) in [7, 11) is 1.27. The number of carbonyl (C=O) groups excluding carboxylic acids is 2. The highest BCUT2D eigenvalue weighted by atomic mass is 79.9. The third kappa shape index (κ3) is 3.22. The molecule has 5 nitrogen and oxygen atoms in total. The van der Waals surface area contributed by atoms with Crippen LogP contribution in [0.3, 0.4) is 0 Å². The van der Waals surface area contributed by atoms with Crippen molar-refractivity contribution < 1.29 is 14.3 Å². The lowest BCUT2D eigenvalue weighted by molar-refractivity contribution is -0.146. The SMILES string of the molecule is COC(=O)C(C)(C)NC(=O)c1ccc(Br)cc1N. The molecular formula is C12H15BrN2O3. The molecule has 0 heterocycles. The molecule has 0 aliphatic rings. The number of halogens is 1. The topological polar surface area (TPSA) is 81.4 Å². The van der Waals surface area contributed by atoms with Gasteiger partial charge in [0.1, 0.15) is 5.54 Å². The van der Waals surface area contributed by atoms with E-state index in [0.29, 0.717) is 11.3 Å². The van der Waals surface area contributed by atoms with Crippen LogP contribution in [0.25, 0.3) is 0 Å². The van der Waals surface area contributed by atoms with Crippen LogP contribution in [0.1, 0.15) is 24.2 Å². The highest BCUT2D eigenvalue weighted by molar-refractivity contribution is 9.10. The molecule has 0 aliphatic heterocycles. The van der Waals surface area contributed by atoms with Gasteiger partial charge in [0.05, 0.1) is 12.7 Å². The van der Waals surface area contributed by atoms with Crippen molar-refractivity contribution >= 4 is 33.5 Å². The first-order valence-electron chi connectivity index (χ1n) is 5.24. The van der Waals surface area contributed by atoms with E-state index >= 15 is 0 Å². The van der Waals surface area contributed by atoms with Gasteiger partial charge < -0.3 is 15.8 Å². The van der Waals surface area contributed by atoms with Crippen molar-refractivity contribution in [1.82, 2.24) is 5.32 Å². The van der Waals surface area contributed by atoms with Crippen molar-refractivity contribution in [3.63, 3.8) is 0 Å². The number of ether oxygens (including phenoxy) is 1. The van der Waals surface area contributed by atoms with Gasteiger partial charge in [-0.15, -0.1) is 0 Å². The first kappa shape index (κ1) is 14.5. The van der Waals surface area contributed by atoms with Gasteiger partial charge in [0.25, 0.3) is 5.91 Å². The van der Waals surface area contributed by atoms with Gasteiger partial charge in [0.2, 0.25) is 0 Å². The van der Waals surface area contributed by atoms with E-state index < -0.39 is 17.4 Å². The molecule has 1 rings (SSSR count). The minimum Gasteiger partial charge on any atom is -0.467 e. The summed E-state index contributed by atoms with van der Waals surface area (Å²) in [5.74, 6) is -0.943. The van der Waals surface area contributed by atoms with Crippen LogP contribution in [-0.4, -0.2) is 24.5 Å². The van der Waals surface area contributed by atoms with E-state index in [0.717, 1.165) is 4.47 Å². The lowest BCUT2D eigenvalue weighted by atomic mass is 10.0. The number of nitrogen functional groups attached to an aromatic ring is 1. The molecule has 1 amide bonds. The van der Waals surface area contributed by atoms with Crippen LogP contribution in [0, 0.1) is 0 Å². The Morgan fingerprint density at radius 1 is 1.39 bits per heavy atom. The molecule has 1 aromatic carbocycles. The Balaban J connectivity index is 2.92. The third-order valence-electron chi connectivity index (χ3n) is 2.38. The maximum absolute atomic E-state index is 12.0. The number of amides is 1. The van der Waals surface area contributed by atoms with Gasteiger partial charge in [-0.2, -0.15) is 0 Å². The molecule has 0 bridgehead atoms. The zero-order valence-electron chi connectivity index (χ0n) is 10.4. The minimum absolute atomic E-state index is 0.315. The number of methoxy groups -OCH3 is 1. The Labute approximate surface area is 114 Å². The molecule has 0 saturated heterocycles. The summed E-state index contributed by atoms with van der Waals surface area (Å²) >= 11 is 3.26. The van der Waals surface area contributed by atoms with Crippen LogP contribution < -0.4 is 11.1 Å². The van der Waals surface area contributed by atoms with Crippen LogP contribution in [0.4, 0.5) is 5.69 Å². The van der Waals surface area contributed by atoms with Crippen LogP contribution in [-0.2, 0) is 9.53 Å². The van der Waals surface area contributed by atoms with Crippen molar-refractivity contribution in [3.05, 3.63) is 28.2 Å². The lowest BCUT2D eigenvalue weighted by Gasteiger charge is -2.23. The second-order valence-electron chi connectivity index (χ2n) is 4.30. The van der Waals surface area contributed by atoms with E-state index in [9.17, 15) is 9.59 Å². The number of nitrogens with one attached hydrogen (secondary N) is 1. The highest BCUT2D eigenvalue weighted by Crippen LogP contribution is 2.19. The van der Waals surface area contributed by atoms with Crippen molar-refractivity contribution in [2.75, 3.05) is 12.8 Å². The fraction of sp³-hybridized carbons (Fsp3) is 0.333. The van der Waals surface area contributed by atoms with Crippen LogP contribution in [0.2, 0.25) is 0 Å². The molecule has 98 valence electrons. The van der Waals surface area contributed by atoms with E-state index in [4.69, 9.17) is 5.73 Å². The molecule has 0 atom stereocenters. The van der Waals surface area contributed by atoms with Crippen molar-refractivity contribution in [3.8, 4) is 0 Å². The molecule has 6 heteroatoms. The molecule has 0 spiro atoms. The van der Waals surface area contributed by atoms with E-state index in [1.807, 2.05) is 0 Å². The summed E-state index contributed by atoms with van der Waals surface area (Å²) in [5.41, 5.74) is 5.29. The van der Waals surface area contributed by atoms with Gasteiger partial charge in [0, 0.05) is 10.2 Å². The molecule has 3 N–H and O–H groups in total. The van der Waals surface area contributed by atoms with Crippen LogP contribution in [0.15, 0.2) is 22.7 Å². The Bertz CT molecular complexity index is 486. The standard InChI is InChI=1S/C12H15BrN2O3/c1-12(2,11(17)18-3)15-10(16)8-5-4-7(13)6-9(8)14/h4-6H,14H2,1-3H3,(H,15,16). The first-order valence-corrected chi connectivity index (χ1v) is 6.03. The van der Waals surface area contributed by atoms with Crippen molar-refractivity contribution in [2.24, 2.45) is 0 Å². The molecule has 0 unspecified atom stereocenters. The number of hydrogen-bond donors (Lipinski definition) is 2. The van der Waals surface area contributed by atoms with Gasteiger partial charge in [0.15, 0.2) is 0 Å². The summed E-state index contributed by atoms with van der Waals surface area (Å²) in [6, 6.07) is 4.92. The second-order valence-corrected chi connectivity index (χ2v) is 5.22. The Kier molecular flexibility index (Phi) is 4.34. The average molecular weight is 315 g/mol. The van der Waals surface area contributed by atoms with Crippen molar-refractivity contribution in [1.29, 1.82) is 0 Å². The Hall–Kier alpha value is -1.56. The molecule has 0 fully saturated rings. The predicted octanol–water partition coefficient (Wildman–Crippen LogP) is 1.71. The number of anilines is 1. The predicted molar refractivity (Wildman–Crippen MR) is 72.1 cm³/mol. The number of benzene rings is 1. The molecule has 18 heavy (non-hydrogen) atoms. The molecule has 0 aromatic heterocycles. The third-order valence-corrected chi connectivity index (χ3v) is 2.87. The van der Waals surface area contributed by atoms with E-state index in [1.54, 1.807) is 32.0 Å². The maximum atomic E-state index is 12.0.